The molecule has 1 heterocycles. The van der Waals surface area contributed by atoms with Crippen molar-refractivity contribution in [3.05, 3.63) is 69.4 Å². The number of benzene rings is 1. The Morgan fingerprint density at radius 2 is 2.10 bits per heavy atom. The molecule has 0 aliphatic rings. The molecule has 1 amide bonds. The zero-order chi connectivity index (χ0) is 15.4. The first-order chi connectivity index (χ1) is 10.0. The van der Waals surface area contributed by atoms with Gasteiger partial charge in [0.2, 0.25) is 0 Å². The van der Waals surface area contributed by atoms with Gasteiger partial charge in [0.1, 0.15) is 11.6 Å². The molecule has 0 aliphatic heterocycles. The number of rotatable bonds is 5. The molecular weight excluding hydrogens is 316 g/mol. The number of nitrogens with zero attached hydrogens (tertiary/aromatic N) is 1. The van der Waals surface area contributed by atoms with Gasteiger partial charge in [-0.3, -0.25) is 4.79 Å². The lowest BCUT2D eigenvalue weighted by atomic mass is 10.1. The van der Waals surface area contributed by atoms with Gasteiger partial charge in [-0.2, -0.15) is 0 Å². The Labute approximate surface area is 130 Å². The van der Waals surface area contributed by atoms with E-state index in [-0.39, 0.29) is 18.7 Å². The Bertz CT molecular complexity index is 671. The van der Waals surface area contributed by atoms with Gasteiger partial charge in [-0.1, -0.05) is 17.7 Å². The second-order valence-corrected chi connectivity index (χ2v) is 6.10. The highest BCUT2D eigenvalue weighted by molar-refractivity contribution is 7.16. The van der Waals surface area contributed by atoms with E-state index in [2.05, 4.69) is 6.58 Å². The minimum atomic E-state index is -0.750. The predicted molar refractivity (Wildman–Crippen MR) is 80.6 cm³/mol. The van der Waals surface area contributed by atoms with Crippen LogP contribution in [0.1, 0.15) is 15.2 Å². The van der Waals surface area contributed by atoms with Crippen LogP contribution in [0.25, 0.3) is 0 Å². The highest BCUT2D eigenvalue weighted by atomic mass is 35.5. The van der Waals surface area contributed by atoms with Crippen LogP contribution in [-0.2, 0) is 6.54 Å². The minimum Gasteiger partial charge on any atom is -0.330 e. The van der Waals surface area contributed by atoms with Crippen LogP contribution < -0.4 is 0 Å². The van der Waals surface area contributed by atoms with Gasteiger partial charge < -0.3 is 4.90 Å². The lowest BCUT2D eigenvalue weighted by Crippen LogP contribution is -2.31. The largest absolute Gasteiger partial charge is 0.330 e. The van der Waals surface area contributed by atoms with Crippen molar-refractivity contribution in [3.63, 3.8) is 0 Å². The van der Waals surface area contributed by atoms with Crippen LogP contribution in [0.4, 0.5) is 8.78 Å². The normalized spacial score (nSPS) is 10.4. The fourth-order valence-corrected chi connectivity index (χ4v) is 2.93. The van der Waals surface area contributed by atoms with Gasteiger partial charge in [-0.25, -0.2) is 8.78 Å². The maximum Gasteiger partial charge on any atom is 0.257 e. The lowest BCUT2D eigenvalue weighted by Gasteiger charge is -2.20. The molecule has 0 bridgehead atoms. The third kappa shape index (κ3) is 3.89. The number of amides is 1. The molecule has 0 radical (unpaired) electrons. The molecule has 21 heavy (non-hydrogen) atoms. The SMILES string of the molecule is C=CCN(Cc1ccc(Cl)s1)C(=O)c1cc(F)ccc1F. The second-order valence-electron chi connectivity index (χ2n) is 4.30. The molecule has 2 rings (SSSR count). The molecule has 0 N–H and O–H groups in total. The van der Waals surface area contributed by atoms with Crippen LogP contribution in [0.15, 0.2) is 43.0 Å². The van der Waals surface area contributed by atoms with Crippen molar-refractivity contribution in [2.75, 3.05) is 6.54 Å². The average Bonchev–Trinajstić information content (AvgIpc) is 2.86. The molecule has 1 aromatic heterocycles. The zero-order valence-electron chi connectivity index (χ0n) is 11.0. The van der Waals surface area contributed by atoms with Crippen LogP contribution in [0, 0.1) is 11.6 Å². The molecule has 0 saturated heterocycles. The van der Waals surface area contributed by atoms with E-state index in [1.165, 1.54) is 22.3 Å². The zero-order valence-corrected chi connectivity index (χ0v) is 12.6. The smallest absolute Gasteiger partial charge is 0.257 e. The number of carbonyl (C=O) groups is 1. The Morgan fingerprint density at radius 1 is 1.33 bits per heavy atom. The van der Waals surface area contributed by atoms with Crippen molar-refractivity contribution in [2.24, 2.45) is 0 Å². The summed E-state index contributed by atoms with van der Waals surface area (Å²) in [6.07, 6.45) is 1.53. The summed E-state index contributed by atoms with van der Waals surface area (Å²) in [5.74, 6) is -1.99. The van der Waals surface area contributed by atoms with Crippen molar-refractivity contribution in [3.8, 4) is 0 Å². The van der Waals surface area contributed by atoms with E-state index in [1.54, 1.807) is 12.1 Å². The van der Waals surface area contributed by atoms with E-state index in [4.69, 9.17) is 11.6 Å². The van der Waals surface area contributed by atoms with Crippen LogP contribution in [0.5, 0.6) is 0 Å². The van der Waals surface area contributed by atoms with Gasteiger partial charge in [0.25, 0.3) is 5.91 Å². The second kappa shape index (κ2) is 6.83. The fraction of sp³-hybridized carbons (Fsp3) is 0.133. The molecular formula is C15H12ClF2NOS. The molecule has 0 unspecified atom stereocenters. The molecule has 6 heteroatoms. The quantitative estimate of drug-likeness (QED) is 0.740. The van der Waals surface area contributed by atoms with Crippen LogP contribution in [-0.4, -0.2) is 17.4 Å². The van der Waals surface area contributed by atoms with Gasteiger partial charge >= 0.3 is 0 Å². The number of halogens is 3. The van der Waals surface area contributed by atoms with E-state index in [9.17, 15) is 13.6 Å². The van der Waals surface area contributed by atoms with Crippen molar-refractivity contribution in [1.82, 2.24) is 4.90 Å². The highest BCUT2D eigenvalue weighted by Gasteiger charge is 2.20. The van der Waals surface area contributed by atoms with Crippen LogP contribution >= 0.6 is 22.9 Å². The lowest BCUT2D eigenvalue weighted by molar-refractivity contribution is 0.0759. The van der Waals surface area contributed by atoms with Crippen LogP contribution in [0.2, 0.25) is 4.34 Å². The Morgan fingerprint density at radius 3 is 2.71 bits per heavy atom. The van der Waals surface area contributed by atoms with Crippen molar-refractivity contribution in [2.45, 2.75) is 6.54 Å². The Hall–Kier alpha value is -1.72. The van der Waals surface area contributed by atoms with Crippen LogP contribution in [0.3, 0.4) is 0 Å². The van der Waals surface area contributed by atoms with Gasteiger partial charge in [-0.05, 0) is 30.3 Å². The van der Waals surface area contributed by atoms with Crippen molar-refractivity contribution < 1.29 is 13.6 Å². The van der Waals surface area contributed by atoms with Crippen molar-refractivity contribution in [1.29, 1.82) is 0 Å². The maximum atomic E-state index is 13.7. The molecule has 0 atom stereocenters. The number of thiophene rings is 1. The molecule has 2 aromatic rings. The summed E-state index contributed by atoms with van der Waals surface area (Å²) in [6.45, 7) is 4.07. The average molecular weight is 328 g/mol. The third-order valence-electron chi connectivity index (χ3n) is 2.77. The number of carbonyl (C=O) groups excluding carboxylic acids is 1. The molecule has 0 fully saturated rings. The molecule has 0 spiro atoms. The highest BCUT2D eigenvalue weighted by Crippen LogP contribution is 2.23. The fourth-order valence-electron chi connectivity index (χ4n) is 1.83. The summed E-state index contributed by atoms with van der Waals surface area (Å²) >= 11 is 7.18. The monoisotopic (exact) mass is 327 g/mol. The maximum absolute atomic E-state index is 13.7. The summed E-state index contributed by atoms with van der Waals surface area (Å²) in [6, 6.07) is 6.33. The van der Waals surface area contributed by atoms with E-state index < -0.39 is 17.5 Å². The van der Waals surface area contributed by atoms with Gasteiger partial charge in [0.05, 0.1) is 16.4 Å². The van der Waals surface area contributed by atoms with E-state index in [0.29, 0.717) is 4.34 Å². The van der Waals surface area contributed by atoms with Crippen molar-refractivity contribution >= 4 is 28.8 Å². The summed E-state index contributed by atoms with van der Waals surface area (Å²) < 4.78 is 27.5. The van der Waals surface area contributed by atoms with E-state index >= 15 is 0 Å². The Balaban J connectivity index is 2.26. The van der Waals surface area contributed by atoms with E-state index in [1.807, 2.05) is 0 Å². The molecule has 110 valence electrons. The van der Waals surface area contributed by atoms with Gasteiger partial charge in [-0.15, -0.1) is 17.9 Å². The molecule has 2 nitrogen and oxygen atoms in total. The molecule has 1 aromatic carbocycles. The summed E-state index contributed by atoms with van der Waals surface area (Å²) in [4.78, 5) is 14.6. The summed E-state index contributed by atoms with van der Waals surface area (Å²) in [5.41, 5.74) is -0.292. The summed E-state index contributed by atoms with van der Waals surface area (Å²) in [5, 5.41) is 0. The summed E-state index contributed by atoms with van der Waals surface area (Å²) in [7, 11) is 0. The third-order valence-corrected chi connectivity index (χ3v) is 3.99. The first kappa shape index (κ1) is 15.7. The number of hydrogen-bond donors (Lipinski definition) is 0. The van der Waals surface area contributed by atoms with Gasteiger partial charge in [0.15, 0.2) is 0 Å². The number of hydrogen-bond acceptors (Lipinski definition) is 2. The van der Waals surface area contributed by atoms with Gasteiger partial charge in [0, 0.05) is 11.4 Å². The first-order valence-corrected chi connectivity index (χ1v) is 7.30. The standard InChI is InChI=1S/C15H12ClF2NOS/c1-2-7-19(9-11-4-6-14(16)21-11)15(20)12-8-10(17)3-5-13(12)18/h2-6,8H,1,7,9H2. The first-order valence-electron chi connectivity index (χ1n) is 6.10. The minimum absolute atomic E-state index is 0.226. The molecule has 0 aliphatic carbocycles. The predicted octanol–water partition coefficient (Wildman–Crippen LogP) is 4.51. The van der Waals surface area contributed by atoms with E-state index in [0.717, 1.165) is 23.1 Å². The molecule has 0 saturated carbocycles. The Kier molecular flexibility index (Phi) is 5.09. The topological polar surface area (TPSA) is 20.3 Å².